The number of amides is 1. The number of aryl methyl sites for hydroxylation is 2. The third kappa shape index (κ3) is 4.67. The first-order valence-corrected chi connectivity index (χ1v) is 6.91. The maximum Gasteiger partial charge on any atom is 0.220 e. The lowest BCUT2D eigenvalue weighted by Gasteiger charge is -2.14. The molecule has 1 aromatic heterocycles. The summed E-state index contributed by atoms with van der Waals surface area (Å²) in [7, 11) is 0. The van der Waals surface area contributed by atoms with Crippen LogP contribution >= 0.6 is 0 Å². The van der Waals surface area contributed by atoms with Crippen molar-refractivity contribution in [2.24, 2.45) is 0 Å². The van der Waals surface area contributed by atoms with Gasteiger partial charge in [0.15, 0.2) is 0 Å². The van der Waals surface area contributed by atoms with E-state index in [1.165, 1.54) is 0 Å². The molecule has 0 aliphatic rings. The Balaban J connectivity index is 2.44. The molecule has 1 amide bonds. The first-order chi connectivity index (χ1) is 8.95. The minimum absolute atomic E-state index is 0.0253. The topological polar surface area (TPSA) is 78.0 Å². The largest absolute Gasteiger partial charge is 0.391 e. The van der Waals surface area contributed by atoms with Gasteiger partial charge >= 0.3 is 0 Å². The van der Waals surface area contributed by atoms with E-state index in [0.717, 1.165) is 29.8 Å². The number of aliphatic hydroxyl groups is 1. The molecule has 2 unspecified atom stereocenters. The van der Waals surface area contributed by atoms with Crippen molar-refractivity contribution in [3.05, 3.63) is 17.0 Å². The third-order valence-corrected chi connectivity index (χ3v) is 3.33. The maximum absolute atomic E-state index is 11.8. The Kier molecular flexibility index (Phi) is 6.02. The summed E-state index contributed by atoms with van der Waals surface area (Å²) in [6.45, 7) is 8.28. The molecule has 1 aromatic rings. The maximum atomic E-state index is 11.8. The number of carbonyl (C=O) groups is 1. The molecule has 2 atom stereocenters. The van der Waals surface area contributed by atoms with Gasteiger partial charge < -0.3 is 10.4 Å². The van der Waals surface area contributed by atoms with E-state index in [1.54, 1.807) is 0 Å². The zero-order chi connectivity index (χ0) is 14.4. The smallest absolute Gasteiger partial charge is 0.220 e. The van der Waals surface area contributed by atoms with Crippen LogP contribution in [0.5, 0.6) is 0 Å². The monoisotopic (exact) mass is 267 g/mol. The van der Waals surface area contributed by atoms with Crippen LogP contribution in [0.1, 0.15) is 56.0 Å². The molecule has 0 bridgehead atoms. The number of carbonyl (C=O) groups excluding carboxylic acids is 1. The average molecular weight is 267 g/mol. The van der Waals surface area contributed by atoms with Crippen LogP contribution < -0.4 is 5.32 Å². The number of aromatic amines is 1. The number of nitrogens with one attached hydrogen (secondary N) is 2. The summed E-state index contributed by atoms with van der Waals surface area (Å²) in [6, 6.07) is 0. The van der Waals surface area contributed by atoms with Gasteiger partial charge in [-0.2, -0.15) is 5.10 Å². The van der Waals surface area contributed by atoms with Gasteiger partial charge in [0.05, 0.1) is 11.8 Å². The molecule has 1 heterocycles. The number of rotatable bonds is 7. The van der Waals surface area contributed by atoms with Crippen LogP contribution in [0.2, 0.25) is 0 Å². The van der Waals surface area contributed by atoms with Gasteiger partial charge in [0.2, 0.25) is 5.91 Å². The Morgan fingerprint density at radius 3 is 2.68 bits per heavy atom. The van der Waals surface area contributed by atoms with Crippen molar-refractivity contribution in [1.82, 2.24) is 15.5 Å². The number of hydrogen-bond donors (Lipinski definition) is 3. The number of aliphatic hydroxyl groups excluding tert-OH is 1. The van der Waals surface area contributed by atoms with Crippen molar-refractivity contribution in [3.8, 4) is 0 Å². The van der Waals surface area contributed by atoms with Crippen LogP contribution in [0.4, 0.5) is 0 Å². The summed E-state index contributed by atoms with van der Waals surface area (Å²) < 4.78 is 0. The molecule has 3 N–H and O–H groups in total. The van der Waals surface area contributed by atoms with Crippen LogP contribution in [0.3, 0.4) is 0 Å². The van der Waals surface area contributed by atoms with E-state index in [4.69, 9.17) is 0 Å². The van der Waals surface area contributed by atoms with Crippen LogP contribution in [0, 0.1) is 13.8 Å². The molecule has 0 fully saturated rings. The second kappa shape index (κ2) is 7.28. The molecule has 19 heavy (non-hydrogen) atoms. The van der Waals surface area contributed by atoms with Gasteiger partial charge in [-0.3, -0.25) is 9.89 Å². The molecule has 0 saturated carbocycles. The molecular formula is C14H25N3O2. The minimum atomic E-state index is -0.443. The highest BCUT2D eigenvalue weighted by Crippen LogP contribution is 2.24. The SMILES string of the molecule is CCCC(O)CNC(=O)CC(C)c1c(C)n[nH]c1C. The molecule has 0 aromatic carbocycles. The predicted molar refractivity (Wildman–Crippen MR) is 75.0 cm³/mol. The fourth-order valence-corrected chi connectivity index (χ4v) is 2.40. The zero-order valence-corrected chi connectivity index (χ0v) is 12.3. The first kappa shape index (κ1) is 15.7. The third-order valence-electron chi connectivity index (χ3n) is 3.33. The van der Waals surface area contributed by atoms with Gasteiger partial charge in [-0.05, 0) is 31.7 Å². The molecule has 0 aliphatic carbocycles. The second-order valence-electron chi connectivity index (χ2n) is 5.20. The fourth-order valence-electron chi connectivity index (χ4n) is 2.40. The molecule has 5 nitrogen and oxygen atoms in total. The van der Waals surface area contributed by atoms with E-state index >= 15 is 0 Å². The summed E-state index contributed by atoms with van der Waals surface area (Å²) >= 11 is 0. The normalized spacial score (nSPS) is 14.2. The van der Waals surface area contributed by atoms with E-state index in [9.17, 15) is 9.90 Å². The van der Waals surface area contributed by atoms with Crippen LogP contribution in [-0.4, -0.2) is 33.9 Å². The number of H-pyrrole nitrogens is 1. The molecule has 0 spiro atoms. The molecule has 0 aliphatic heterocycles. The van der Waals surface area contributed by atoms with Crippen LogP contribution in [-0.2, 0) is 4.79 Å². The molecule has 0 radical (unpaired) electrons. The van der Waals surface area contributed by atoms with Crippen molar-refractivity contribution in [3.63, 3.8) is 0 Å². The number of nitrogens with zero attached hydrogens (tertiary/aromatic N) is 1. The highest BCUT2D eigenvalue weighted by Gasteiger charge is 2.17. The number of aromatic nitrogens is 2. The molecular weight excluding hydrogens is 242 g/mol. The summed E-state index contributed by atoms with van der Waals surface area (Å²) in [6.07, 6.45) is 1.61. The van der Waals surface area contributed by atoms with E-state index in [0.29, 0.717) is 13.0 Å². The Labute approximate surface area is 114 Å². The van der Waals surface area contributed by atoms with Crippen molar-refractivity contribution in [1.29, 1.82) is 0 Å². The van der Waals surface area contributed by atoms with Gasteiger partial charge in [0.25, 0.3) is 0 Å². The van der Waals surface area contributed by atoms with E-state index < -0.39 is 6.10 Å². The van der Waals surface area contributed by atoms with Gasteiger partial charge in [-0.1, -0.05) is 20.3 Å². The second-order valence-corrected chi connectivity index (χ2v) is 5.20. The predicted octanol–water partition coefficient (Wildman–Crippen LogP) is 1.80. The van der Waals surface area contributed by atoms with Crippen molar-refractivity contribution in [2.75, 3.05) is 6.54 Å². The standard InChI is InChI=1S/C14H25N3O2/c1-5-6-12(18)8-15-13(19)7-9(2)14-10(3)16-17-11(14)4/h9,12,18H,5-8H2,1-4H3,(H,15,19)(H,16,17). The lowest BCUT2D eigenvalue weighted by Crippen LogP contribution is -2.32. The van der Waals surface area contributed by atoms with Gasteiger partial charge in [-0.15, -0.1) is 0 Å². The molecule has 5 heteroatoms. The Morgan fingerprint density at radius 2 is 2.16 bits per heavy atom. The van der Waals surface area contributed by atoms with Gasteiger partial charge in [-0.25, -0.2) is 0 Å². The highest BCUT2D eigenvalue weighted by atomic mass is 16.3. The summed E-state index contributed by atoms with van der Waals surface area (Å²) in [5, 5.41) is 19.4. The van der Waals surface area contributed by atoms with Crippen LogP contribution in [0.15, 0.2) is 0 Å². The van der Waals surface area contributed by atoms with E-state index in [-0.39, 0.29) is 11.8 Å². The van der Waals surface area contributed by atoms with Crippen molar-refractivity contribution >= 4 is 5.91 Å². The Bertz CT molecular complexity index is 395. The van der Waals surface area contributed by atoms with Crippen molar-refractivity contribution in [2.45, 2.75) is 59.0 Å². The van der Waals surface area contributed by atoms with Gasteiger partial charge in [0, 0.05) is 18.7 Å². The quantitative estimate of drug-likeness (QED) is 0.705. The lowest BCUT2D eigenvalue weighted by atomic mass is 9.95. The fraction of sp³-hybridized carbons (Fsp3) is 0.714. The lowest BCUT2D eigenvalue weighted by molar-refractivity contribution is -0.121. The Hall–Kier alpha value is -1.36. The molecule has 108 valence electrons. The summed E-state index contributed by atoms with van der Waals surface area (Å²) in [4.78, 5) is 11.8. The highest BCUT2D eigenvalue weighted by molar-refractivity contribution is 5.76. The van der Waals surface area contributed by atoms with E-state index in [2.05, 4.69) is 15.5 Å². The summed E-state index contributed by atoms with van der Waals surface area (Å²) in [5.74, 6) is 0.102. The first-order valence-electron chi connectivity index (χ1n) is 6.91. The van der Waals surface area contributed by atoms with Crippen molar-refractivity contribution < 1.29 is 9.90 Å². The van der Waals surface area contributed by atoms with Crippen LogP contribution in [0.25, 0.3) is 0 Å². The van der Waals surface area contributed by atoms with E-state index in [1.807, 2.05) is 27.7 Å². The minimum Gasteiger partial charge on any atom is -0.391 e. The Morgan fingerprint density at radius 1 is 1.47 bits per heavy atom. The number of hydrogen-bond acceptors (Lipinski definition) is 3. The van der Waals surface area contributed by atoms with Gasteiger partial charge in [0.1, 0.15) is 0 Å². The zero-order valence-electron chi connectivity index (χ0n) is 12.3. The summed E-state index contributed by atoms with van der Waals surface area (Å²) in [5.41, 5.74) is 3.08. The molecule has 0 saturated heterocycles. The average Bonchev–Trinajstić information content (AvgIpc) is 2.67. The molecule has 1 rings (SSSR count).